The van der Waals surface area contributed by atoms with Gasteiger partial charge in [0, 0.05) is 0 Å². The van der Waals surface area contributed by atoms with Crippen molar-refractivity contribution in [3.8, 4) is 0 Å². The molecule has 1 amide bonds. The van der Waals surface area contributed by atoms with Gasteiger partial charge in [-0.25, -0.2) is 0 Å². The minimum absolute atomic E-state index is 0.00898. The highest BCUT2D eigenvalue weighted by Gasteiger charge is 2.37. The number of hydrogen-bond acceptors (Lipinski definition) is 4. The van der Waals surface area contributed by atoms with Crippen molar-refractivity contribution in [3.05, 3.63) is 0 Å². The molecule has 1 saturated heterocycles. The Balaban J connectivity index is 2.00. The SMILES string of the molecule is O=C1N/C(=N/O)SC1C1CCCCC1. The molecule has 1 aliphatic carbocycles. The molecule has 0 spiro atoms. The highest BCUT2D eigenvalue weighted by Crippen LogP contribution is 2.35. The molecule has 2 rings (SSSR count). The molecule has 4 nitrogen and oxygen atoms in total. The van der Waals surface area contributed by atoms with Crippen LogP contribution in [0.1, 0.15) is 32.1 Å². The maximum atomic E-state index is 11.5. The number of oxime groups is 1. The monoisotopic (exact) mass is 214 g/mol. The number of rotatable bonds is 1. The number of carbonyl (C=O) groups excluding carboxylic acids is 1. The fourth-order valence-electron chi connectivity index (χ4n) is 2.18. The van der Waals surface area contributed by atoms with Crippen molar-refractivity contribution in [1.82, 2.24) is 5.32 Å². The lowest BCUT2D eigenvalue weighted by molar-refractivity contribution is -0.119. The quantitative estimate of drug-likeness (QED) is 0.514. The molecule has 0 aromatic carbocycles. The average Bonchev–Trinajstić information content (AvgIpc) is 2.61. The molecular weight excluding hydrogens is 200 g/mol. The summed E-state index contributed by atoms with van der Waals surface area (Å²) >= 11 is 1.36. The number of amides is 1. The summed E-state index contributed by atoms with van der Waals surface area (Å²) in [6.45, 7) is 0. The van der Waals surface area contributed by atoms with Crippen LogP contribution in [-0.4, -0.2) is 21.5 Å². The molecule has 1 aliphatic heterocycles. The Morgan fingerprint density at radius 1 is 1.36 bits per heavy atom. The molecule has 14 heavy (non-hydrogen) atoms. The Kier molecular flexibility index (Phi) is 2.96. The molecular formula is C9H14N2O2S. The van der Waals surface area contributed by atoms with Crippen LogP contribution >= 0.6 is 11.8 Å². The summed E-state index contributed by atoms with van der Waals surface area (Å²) in [5, 5.41) is 14.5. The summed E-state index contributed by atoms with van der Waals surface area (Å²) in [7, 11) is 0. The third-order valence-corrected chi connectivity index (χ3v) is 4.16. The Bertz CT molecular complexity index is 262. The van der Waals surface area contributed by atoms with Crippen LogP contribution in [0.15, 0.2) is 5.16 Å². The van der Waals surface area contributed by atoms with Gasteiger partial charge >= 0.3 is 0 Å². The van der Waals surface area contributed by atoms with Crippen molar-refractivity contribution >= 4 is 22.8 Å². The molecule has 5 heteroatoms. The number of thioether (sulfide) groups is 1. The highest BCUT2D eigenvalue weighted by atomic mass is 32.2. The largest absolute Gasteiger partial charge is 0.409 e. The van der Waals surface area contributed by atoms with E-state index in [4.69, 9.17) is 5.21 Å². The molecule has 78 valence electrons. The van der Waals surface area contributed by atoms with Gasteiger partial charge in [-0.05, 0) is 18.8 Å². The third-order valence-electron chi connectivity index (χ3n) is 2.90. The van der Waals surface area contributed by atoms with E-state index in [2.05, 4.69) is 10.5 Å². The highest BCUT2D eigenvalue weighted by molar-refractivity contribution is 8.15. The van der Waals surface area contributed by atoms with Crippen LogP contribution in [0.25, 0.3) is 0 Å². The van der Waals surface area contributed by atoms with E-state index >= 15 is 0 Å². The molecule has 1 unspecified atom stereocenters. The topological polar surface area (TPSA) is 61.7 Å². The van der Waals surface area contributed by atoms with Gasteiger partial charge in [0.2, 0.25) is 11.1 Å². The van der Waals surface area contributed by atoms with Gasteiger partial charge in [0.1, 0.15) is 0 Å². The summed E-state index contributed by atoms with van der Waals surface area (Å²) in [5.41, 5.74) is 0. The summed E-state index contributed by atoms with van der Waals surface area (Å²) in [5.74, 6) is 0.475. The fraction of sp³-hybridized carbons (Fsp3) is 0.778. The Hall–Kier alpha value is -0.710. The molecule has 1 atom stereocenters. The van der Waals surface area contributed by atoms with Gasteiger partial charge in [0.25, 0.3) is 0 Å². The third kappa shape index (κ3) is 1.87. The molecule has 2 aliphatic rings. The van der Waals surface area contributed by atoms with Gasteiger partial charge in [0.15, 0.2) is 0 Å². The first-order valence-corrected chi connectivity index (χ1v) is 5.89. The first kappa shape index (κ1) is 9.83. The Labute approximate surface area is 87.1 Å². The first-order chi connectivity index (χ1) is 6.81. The summed E-state index contributed by atoms with van der Waals surface area (Å²) in [6.07, 6.45) is 5.99. The molecule has 0 bridgehead atoms. The van der Waals surface area contributed by atoms with Crippen LogP contribution in [0.2, 0.25) is 0 Å². The second kappa shape index (κ2) is 4.21. The van der Waals surface area contributed by atoms with Crippen LogP contribution in [0, 0.1) is 5.92 Å². The van der Waals surface area contributed by atoms with Crippen molar-refractivity contribution in [1.29, 1.82) is 0 Å². The van der Waals surface area contributed by atoms with Crippen LogP contribution in [0.5, 0.6) is 0 Å². The van der Waals surface area contributed by atoms with Crippen LogP contribution in [0.3, 0.4) is 0 Å². The standard InChI is InChI=1S/C9H14N2O2S/c12-8-7(14-9(10-8)11-13)6-4-2-1-3-5-6/h6-7,13H,1-5H2,(H,10,11,12). The lowest BCUT2D eigenvalue weighted by atomic mass is 9.86. The molecule has 1 heterocycles. The van der Waals surface area contributed by atoms with Gasteiger partial charge in [-0.1, -0.05) is 36.2 Å². The predicted octanol–water partition coefficient (Wildman–Crippen LogP) is 1.54. The predicted molar refractivity (Wildman–Crippen MR) is 55.3 cm³/mol. The lowest BCUT2D eigenvalue weighted by Gasteiger charge is -2.24. The summed E-state index contributed by atoms with van der Waals surface area (Å²) < 4.78 is 0. The second-order valence-corrected chi connectivity index (χ2v) is 4.96. The molecule has 0 radical (unpaired) electrons. The smallest absolute Gasteiger partial charge is 0.239 e. The number of hydrogen-bond donors (Lipinski definition) is 2. The maximum Gasteiger partial charge on any atom is 0.239 e. The Morgan fingerprint density at radius 2 is 2.07 bits per heavy atom. The van der Waals surface area contributed by atoms with Crippen LogP contribution in [-0.2, 0) is 4.79 Å². The van der Waals surface area contributed by atoms with Gasteiger partial charge in [0.05, 0.1) is 5.25 Å². The summed E-state index contributed by atoms with van der Waals surface area (Å²) in [6, 6.07) is 0. The average molecular weight is 214 g/mol. The van der Waals surface area contributed by atoms with Gasteiger partial charge < -0.3 is 10.5 Å². The molecule has 0 aromatic heterocycles. The number of carbonyl (C=O) groups is 1. The van der Waals surface area contributed by atoms with Gasteiger partial charge in [-0.2, -0.15) is 0 Å². The normalized spacial score (nSPS) is 32.1. The number of nitrogens with zero attached hydrogens (tertiary/aromatic N) is 1. The maximum absolute atomic E-state index is 11.5. The van der Waals surface area contributed by atoms with Crippen LogP contribution < -0.4 is 5.32 Å². The Morgan fingerprint density at radius 3 is 2.64 bits per heavy atom. The van der Waals surface area contributed by atoms with Gasteiger partial charge in [-0.3, -0.25) is 4.79 Å². The minimum Gasteiger partial charge on any atom is -0.409 e. The summed E-state index contributed by atoms with van der Waals surface area (Å²) in [4.78, 5) is 11.5. The zero-order valence-electron chi connectivity index (χ0n) is 7.90. The van der Waals surface area contributed by atoms with E-state index in [1.54, 1.807) is 0 Å². The molecule has 2 fully saturated rings. The van der Waals surface area contributed by atoms with E-state index < -0.39 is 0 Å². The molecule has 0 aromatic rings. The lowest BCUT2D eigenvalue weighted by Crippen LogP contribution is -2.30. The second-order valence-electron chi connectivity index (χ2n) is 3.83. The van der Waals surface area contributed by atoms with Crippen LogP contribution in [0.4, 0.5) is 0 Å². The van der Waals surface area contributed by atoms with Crippen molar-refractivity contribution in [2.24, 2.45) is 11.1 Å². The fourth-order valence-corrected chi connectivity index (χ4v) is 3.25. The van der Waals surface area contributed by atoms with E-state index in [1.807, 2.05) is 0 Å². The van der Waals surface area contributed by atoms with Gasteiger partial charge in [-0.15, -0.1) is 0 Å². The van der Waals surface area contributed by atoms with E-state index in [-0.39, 0.29) is 11.2 Å². The van der Waals surface area contributed by atoms with Crippen molar-refractivity contribution in [2.45, 2.75) is 37.4 Å². The van der Waals surface area contributed by atoms with Crippen molar-refractivity contribution < 1.29 is 10.0 Å². The minimum atomic E-state index is -0.0267. The molecule has 2 N–H and O–H groups in total. The van der Waals surface area contributed by atoms with E-state index in [0.717, 1.165) is 12.8 Å². The van der Waals surface area contributed by atoms with Crippen molar-refractivity contribution in [3.63, 3.8) is 0 Å². The first-order valence-electron chi connectivity index (χ1n) is 5.01. The number of nitrogens with one attached hydrogen (secondary N) is 1. The zero-order chi connectivity index (χ0) is 9.97. The van der Waals surface area contributed by atoms with E-state index in [9.17, 15) is 4.79 Å². The zero-order valence-corrected chi connectivity index (χ0v) is 8.72. The molecule has 1 saturated carbocycles. The van der Waals surface area contributed by atoms with E-state index in [0.29, 0.717) is 11.1 Å². The van der Waals surface area contributed by atoms with E-state index in [1.165, 1.54) is 31.0 Å². The van der Waals surface area contributed by atoms with Crippen molar-refractivity contribution in [2.75, 3.05) is 0 Å². The number of amidine groups is 1.